The molecular weight excluding hydrogens is 350 g/mol. The lowest BCUT2D eigenvalue weighted by Gasteiger charge is -2.14. The van der Waals surface area contributed by atoms with Gasteiger partial charge >= 0.3 is 0 Å². The van der Waals surface area contributed by atoms with E-state index in [0.29, 0.717) is 42.0 Å². The minimum Gasteiger partial charge on any atom is -0.494 e. The van der Waals surface area contributed by atoms with E-state index < -0.39 is 0 Å². The van der Waals surface area contributed by atoms with Crippen molar-refractivity contribution < 1.29 is 14.3 Å². The zero-order valence-electron chi connectivity index (χ0n) is 15.8. The van der Waals surface area contributed by atoms with Crippen molar-refractivity contribution in [1.29, 1.82) is 0 Å². The molecular formula is C21H26ClNO3. The molecule has 0 fully saturated rings. The van der Waals surface area contributed by atoms with Crippen molar-refractivity contribution in [2.24, 2.45) is 5.92 Å². The number of amides is 1. The molecule has 0 saturated carbocycles. The van der Waals surface area contributed by atoms with Crippen LogP contribution in [0.4, 0.5) is 5.69 Å². The van der Waals surface area contributed by atoms with Crippen molar-refractivity contribution in [1.82, 2.24) is 0 Å². The van der Waals surface area contributed by atoms with Crippen LogP contribution in [-0.4, -0.2) is 19.1 Å². The minimum absolute atomic E-state index is 0.191. The predicted molar refractivity (Wildman–Crippen MR) is 106 cm³/mol. The zero-order chi connectivity index (χ0) is 19.1. The van der Waals surface area contributed by atoms with Crippen molar-refractivity contribution in [2.45, 2.75) is 34.3 Å². The Balaban J connectivity index is 2.19. The molecule has 0 saturated heterocycles. The van der Waals surface area contributed by atoms with Gasteiger partial charge in [-0.1, -0.05) is 31.5 Å². The molecule has 2 rings (SSSR count). The van der Waals surface area contributed by atoms with E-state index in [1.165, 1.54) is 0 Å². The Morgan fingerprint density at radius 3 is 2.69 bits per heavy atom. The second kappa shape index (κ2) is 9.60. The van der Waals surface area contributed by atoms with Gasteiger partial charge in [-0.3, -0.25) is 4.79 Å². The molecule has 1 N–H and O–H groups in total. The number of nitrogens with one attached hydrogen (secondary N) is 1. The van der Waals surface area contributed by atoms with Crippen LogP contribution in [0.3, 0.4) is 0 Å². The molecule has 0 aliphatic heterocycles. The monoisotopic (exact) mass is 375 g/mol. The summed E-state index contributed by atoms with van der Waals surface area (Å²) in [5.41, 5.74) is 2.96. The summed E-state index contributed by atoms with van der Waals surface area (Å²) in [4.78, 5) is 12.6. The number of carbonyl (C=O) groups excluding carboxylic acids is 1. The summed E-state index contributed by atoms with van der Waals surface area (Å²) in [6.45, 7) is 9.63. The number of benzene rings is 2. The van der Waals surface area contributed by atoms with Crippen LogP contribution in [0.1, 0.15) is 42.3 Å². The number of halogens is 1. The lowest BCUT2D eigenvalue weighted by molar-refractivity contribution is 0.0948. The zero-order valence-corrected chi connectivity index (χ0v) is 16.5. The third-order valence-electron chi connectivity index (χ3n) is 3.85. The van der Waals surface area contributed by atoms with Crippen molar-refractivity contribution in [3.8, 4) is 5.75 Å². The maximum Gasteiger partial charge on any atom is 0.255 e. The molecule has 0 aliphatic rings. The Bertz CT molecular complexity index is 759. The Morgan fingerprint density at radius 2 is 2.00 bits per heavy atom. The van der Waals surface area contributed by atoms with E-state index in [9.17, 15) is 4.79 Å². The van der Waals surface area contributed by atoms with Crippen LogP contribution in [0.2, 0.25) is 5.02 Å². The third-order valence-corrected chi connectivity index (χ3v) is 4.26. The molecule has 5 heteroatoms. The molecule has 0 bridgehead atoms. The third kappa shape index (κ3) is 5.48. The van der Waals surface area contributed by atoms with E-state index in [1.54, 1.807) is 12.1 Å². The van der Waals surface area contributed by atoms with Gasteiger partial charge in [0.05, 0.1) is 13.2 Å². The summed E-state index contributed by atoms with van der Waals surface area (Å²) in [6.07, 6.45) is 0. The van der Waals surface area contributed by atoms with Gasteiger partial charge in [-0.15, -0.1) is 0 Å². The van der Waals surface area contributed by atoms with E-state index in [1.807, 2.05) is 38.1 Å². The lowest BCUT2D eigenvalue weighted by Crippen LogP contribution is -2.14. The smallest absolute Gasteiger partial charge is 0.255 e. The van der Waals surface area contributed by atoms with Crippen LogP contribution in [0.15, 0.2) is 36.4 Å². The molecule has 0 radical (unpaired) electrons. The van der Waals surface area contributed by atoms with Crippen LogP contribution in [0, 0.1) is 12.8 Å². The number of anilines is 1. The number of rotatable bonds is 8. The quantitative estimate of drug-likeness (QED) is 0.665. The Hall–Kier alpha value is -2.04. The first-order valence-electron chi connectivity index (χ1n) is 8.82. The molecule has 26 heavy (non-hydrogen) atoms. The minimum atomic E-state index is -0.191. The number of ether oxygens (including phenoxy) is 2. The summed E-state index contributed by atoms with van der Waals surface area (Å²) >= 11 is 6.12. The first-order valence-corrected chi connectivity index (χ1v) is 9.20. The number of hydrogen-bond acceptors (Lipinski definition) is 3. The maximum absolute atomic E-state index is 12.6. The molecule has 0 aliphatic carbocycles. The molecule has 2 aromatic carbocycles. The van der Waals surface area contributed by atoms with Crippen molar-refractivity contribution in [3.05, 3.63) is 58.1 Å². The van der Waals surface area contributed by atoms with Gasteiger partial charge in [0.25, 0.3) is 5.91 Å². The fourth-order valence-corrected chi connectivity index (χ4v) is 2.65. The largest absolute Gasteiger partial charge is 0.494 e. The van der Waals surface area contributed by atoms with Gasteiger partial charge in [-0.05, 0) is 55.7 Å². The summed E-state index contributed by atoms with van der Waals surface area (Å²) in [6, 6.07) is 10.8. The summed E-state index contributed by atoms with van der Waals surface area (Å²) in [5.74, 6) is 0.998. The van der Waals surface area contributed by atoms with Gasteiger partial charge in [-0.25, -0.2) is 0 Å². The van der Waals surface area contributed by atoms with Gasteiger partial charge in [0.2, 0.25) is 0 Å². The SMILES string of the molecule is CCOc1ccc(C(=O)Nc2cccc(Cl)c2C)cc1COCC(C)C. The molecule has 140 valence electrons. The molecule has 0 unspecified atom stereocenters. The highest BCUT2D eigenvalue weighted by atomic mass is 35.5. The van der Waals surface area contributed by atoms with Crippen molar-refractivity contribution in [3.63, 3.8) is 0 Å². The van der Waals surface area contributed by atoms with Crippen LogP contribution in [-0.2, 0) is 11.3 Å². The van der Waals surface area contributed by atoms with Gasteiger partial charge in [0.1, 0.15) is 5.75 Å². The first kappa shape index (κ1) is 20.3. The average Bonchev–Trinajstić information content (AvgIpc) is 2.60. The highest BCUT2D eigenvalue weighted by Crippen LogP contribution is 2.25. The first-order chi connectivity index (χ1) is 12.4. The number of carbonyl (C=O) groups is 1. The Labute approximate surface area is 160 Å². The van der Waals surface area contributed by atoms with Gasteiger partial charge in [0, 0.05) is 28.4 Å². The standard InChI is InChI=1S/C21H26ClNO3/c1-5-26-20-10-9-16(11-17(20)13-25-12-14(2)3)21(24)23-19-8-6-7-18(22)15(19)4/h6-11,14H,5,12-13H2,1-4H3,(H,23,24). The molecule has 1 amide bonds. The van der Waals surface area contributed by atoms with Crippen molar-refractivity contribution >= 4 is 23.2 Å². The van der Waals surface area contributed by atoms with E-state index >= 15 is 0 Å². The molecule has 2 aromatic rings. The lowest BCUT2D eigenvalue weighted by atomic mass is 10.1. The van der Waals surface area contributed by atoms with Crippen LogP contribution in [0.5, 0.6) is 5.75 Å². The molecule has 4 nitrogen and oxygen atoms in total. The molecule has 0 aromatic heterocycles. The van der Waals surface area contributed by atoms with Gasteiger partial charge in [-0.2, -0.15) is 0 Å². The van der Waals surface area contributed by atoms with Crippen LogP contribution >= 0.6 is 11.6 Å². The topological polar surface area (TPSA) is 47.6 Å². The van der Waals surface area contributed by atoms with E-state index in [4.69, 9.17) is 21.1 Å². The molecule has 0 atom stereocenters. The van der Waals surface area contributed by atoms with Crippen molar-refractivity contribution in [2.75, 3.05) is 18.5 Å². The summed E-state index contributed by atoms with van der Waals surface area (Å²) < 4.78 is 11.4. The highest BCUT2D eigenvalue weighted by Gasteiger charge is 2.13. The Morgan fingerprint density at radius 1 is 1.23 bits per heavy atom. The molecule has 0 heterocycles. The summed E-state index contributed by atoms with van der Waals surface area (Å²) in [5, 5.41) is 3.54. The van der Waals surface area contributed by atoms with Gasteiger partial charge in [0.15, 0.2) is 0 Å². The fraction of sp³-hybridized carbons (Fsp3) is 0.381. The number of hydrogen-bond donors (Lipinski definition) is 1. The highest BCUT2D eigenvalue weighted by molar-refractivity contribution is 6.31. The maximum atomic E-state index is 12.6. The molecule has 0 spiro atoms. The predicted octanol–water partition coefficient (Wildman–Crippen LogP) is 5.47. The Kier molecular flexibility index (Phi) is 7.49. The van der Waals surface area contributed by atoms with E-state index in [0.717, 1.165) is 16.9 Å². The average molecular weight is 376 g/mol. The van der Waals surface area contributed by atoms with Gasteiger partial charge < -0.3 is 14.8 Å². The van der Waals surface area contributed by atoms with E-state index in [-0.39, 0.29) is 5.91 Å². The normalized spacial score (nSPS) is 10.8. The van der Waals surface area contributed by atoms with E-state index in [2.05, 4.69) is 19.2 Å². The van der Waals surface area contributed by atoms with Crippen LogP contribution in [0.25, 0.3) is 0 Å². The second-order valence-electron chi connectivity index (χ2n) is 6.53. The summed E-state index contributed by atoms with van der Waals surface area (Å²) in [7, 11) is 0. The second-order valence-corrected chi connectivity index (χ2v) is 6.94. The fourth-order valence-electron chi connectivity index (χ4n) is 2.47. The van der Waals surface area contributed by atoms with Crippen LogP contribution < -0.4 is 10.1 Å².